The van der Waals surface area contributed by atoms with Gasteiger partial charge in [-0.3, -0.25) is 4.79 Å². The predicted molar refractivity (Wildman–Crippen MR) is 73.1 cm³/mol. The molecule has 2 fully saturated rings. The maximum atomic E-state index is 12.0. The number of carbonyl (C=O) groups is 1. The Labute approximate surface area is 108 Å². The van der Waals surface area contributed by atoms with Crippen molar-refractivity contribution in [2.45, 2.75) is 38.6 Å². The fourth-order valence-corrected chi connectivity index (χ4v) is 2.55. The summed E-state index contributed by atoms with van der Waals surface area (Å²) in [6.45, 7) is 4.36. The van der Waals surface area contributed by atoms with Crippen LogP contribution in [0.5, 0.6) is 0 Å². The molecule has 3 nitrogen and oxygen atoms in total. The minimum absolute atomic E-state index is 0.0814. The molecular formula is C15H20N2O. The molecule has 1 aromatic rings. The van der Waals surface area contributed by atoms with Crippen molar-refractivity contribution in [3.05, 3.63) is 29.3 Å². The fraction of sp³-hybridized carbons (Fsp3) is 0.533. The normalized spacial score (nSPS) is 19.1. The van der Waals surface area contributed by atoms with Crippen molar-refractivity contribution in [2.75, 3.05) is 18.0 Å². The zero-order chi connectivity index (χ0) is 12.5. The van der Waals surface area contributed by atoms with Crippen LogP contribution in [0.25, 0.3) is 0 Å². The van der Waals surface area contributed by atoms with Crippen LogP contribution in [0, 0.1) is 6.92 Å². The molecule has 0 atom stereocenters. The quantitative estimate of drug-likeness (QED) is 0.886. The topological polar surface area (TPSA) is 32.3 Å². The van der Waals surface area contributed by atoms with Crippen molar-refractivity contribution in [1.29, 1.82) is 0 Å². The van der Waals surface area contributed by atoms with Crippen LogP contribution in [0.1, 0.15) is 41.6 Å². The molecule has 1 saturated heterocycles. The van der Waals surface area contributed by atoms with Crippen LogP contribution in [0.15, 0.2) is 18.2 Å². The van der Waals surface area contributed by atoms with E-state index in [2.05, 4.69) is 29.3 Å². The average Bonchev–Trinajstić information content (AvgIpc) is 3.01. The van der Waals surface area contributed by atoms with E-state index in [1.165, 1.54) is 24.1 Å². The van der Waals surface area contributed by atoms with E-state index < -0.39 is 0 Å². The van der Waals surface area contributed by atoms with Gasteiger partial charge in [-0.15, -0.1) is 0 Å². The minimum Gasteiger partial charge on any atom is -0.371 e. The van der Waals surface area contributed by atoms with E-state index >= 15 is 0 Å². The summed E-state index contributed by atoms with van der Waals surface area (Å²) in [6, 6.07) is 6.48. The second-order valence-corrected chi connectivity index (χ2v) is 5.44. The van der Waals surface area contributed by atoms with Crippen LogP contribution in [0.2, 0.25) is 0 Å². The van der Waals surface area contributed by atoms with Gasteiger partial charge in [-0.05, 0) is 50.3 Å². The molecule has 0 radical (unpaired) electrons. The molecular weight excluding hydrogens is 224 g/mol. The smallest absolute Gasteiger partial charge is 0.251 e. The zero-order valence-electron chi connectivity index (χ0n) is 10.9. The SMILES string of the molecule is Cc1ccc(C(=O)NC2CC2)cc1N1CCCC1. The second kappa shape index (κ2) is 4.63. The van der Waals surface area contributed by atoms with Gasteiger partial charge in [-0.2, -0.15) is 0 Å². The summed E-state index contributed by atoms with van der Waals surface area (Å²) in [7, 11) is 0. The van der Waals surface area contributed by atoms with Crippen LogP contribution >= 0.6 is 0 Å². The number of benzene rings is 1. The highest BCUT2D eigenvalue weighted by Gasteiger charge is 2.24. The molecule has 18 heavy (non-hydrogen) atoms. The number of hydrogen-bond donors (Lipinski definition) is 1. The lowest BCUT2D eigenvalue weighted by Crippen LogP contribution is -2.26. The van der Waals surface area contributed by atoms with Crippen molar-refractivity contribution in [2.24, 2.45) is 0 Å². The molecule has 0 spiro atoms. The highest BCUT2D eigenvalue weighted by Crippen LogP contribution is 2.26. The fourth-order valence-electron chi connectivity index (χ4n) is 2.55. The number of nitrogens with zero attached hydrogens (tertiary/aromatic N) is 1. The van der Waals surface area contributed by atoms with E-state index in [4.69, 9.17) is 0 Å². The van der Waals surface area contributed by atoms with Gasteiger partial charge >= 0.3 is 0 Å². The maximum Gasteiger partial charge on any atom is 0.251 e. The van der Waals surface area contributed by atoms with Gasteiger partial charge in [-0.25, -0.2) is 0 Å². The second-order valence-electron chi connectivity index (χ2n) is 5.44. The standard InChI is InChI=1S/C15H20N2O/c1-11-4-5-12(15(18)16-13-6-7-13)10-14(11)17-8-2-3-9-17/h4-5,10,13H,2-3,6-9H2,1H3,(H,16,18). The Balaban J connectivity index is 1.82. The molecule has 3 heteroatoms. The number of amides is 1. The molecule has 1 amide bonds. The minimum atomic E-state index is 0.0814. The van der Waals surface area contributed by atoms with Crippen molar-refractivity contribution in [3.8, 4) is 0 Å². The summed E-state index contributed by atoms with van der Waals surface area (Å²) < 4.78 is 0. The van der Waals surface area contributed by atoms with Gasteiger partial charge in [0, 0.05) is 30.4 Å². The predicted octanol–water partition coefficient (Wildman–Crippen LogP) is 2.49. The van der Waals surface area contributed by atoms with Crippen molar-refractivity contribution < 1.29 is 4.79 Å². The van der Waals surface area contributed by atoms with Gasteiger partial charge in [0.15, 0.2) is 0 Å². The molecule has 0 unspecified atom stereocenters. The monoisotopic (exact) mass is 244 g/mol. The number of anilines is 1. The van der Waals surface area contributed by atoms with Crippen LogP contribution in [0.3, 0.4) is 0 Å². The van der Waals surface area contributed by atoms with E-state index in [9.17, 15) is 4.79 Å². The third-order valence-electron chi connectivity index (χ3n) is 3.83. The van der Waals surface area contributed by atoms with Crippen molar-refractivity contribution in [3.63, 3.8) is 0 Å². The first kappa shape index (κ1) is 11.6. The number of carbonyl (C=O) groups excluding carboxylic acids is 1. The van der Waals surface area contributed by atoms with E-state index in [1.54, 1.807) is 0 Å². The summed E-state index contributed by atoms with van der Waals surface area (Å²) >= 11 is 0. The maximum absolute atomic E-state index is 12.0. The highest BCUT2D eigenvalue weighted by atomic mass is 16.1. The lowest BCUT2D eigenvalue weighted by Gasteiger charge is -2.20. The number of nitrogens with one attached hydrogen (secondary N) is 1. The Morgan fingerprint density at radius 3 is 2.67 bits per heavy atom. The summed E-state index contributed by atoms with van der Waals surface area (Å²) in [5.74, 6) is 0.0814. The number of aryl methyl sites for hydroxylation is 1. The molecule has 3 rings (SSSR count). The molecule has 2 aliphatic rings. The van der Waals surface area contributed by atoms with Gasteiger partial charge in [0.05, 0.1) is 0 Å². The lowest BCUT2D eigenvalue weighted by atomic mass is 10.1. The summed E-state index contributed by atoms with van der Waals surface area (Å²) in [5.41, 5.74) is 3.30. The van der Waals surface area contributed by atoms with E-state index in [0.29, 0.717) is 6.04 Å². The molecule has 1 aliphatic heterocycles. The largest absolute Gasteiger partial charge is 0.371 e. The highest BCUT2D eigenvalue weighted by molar-refractivity contribution is 5.95. The molecule has 1 heterocycles. The molecule has 1 aromatic carbocycles. The van der Waals surface area contributed by atoms with E-state index in [-0.39, 0.29) is 5.91 Å². The number of hydrogen-bond acceptors (Lipinski definition) is 2. The molecule has 0 bridgehead atoms. The Morgan fingerprint density at radius 1 is 1.28 bits per heavy atom. The van der Waals surface area contributed by atoms with Gasteiger partial charge in [0.1, 0.15) is 0 Å². The Hall–Kier alpha value is -1.51. The Bertz CT molecular complexity index is 460. The van der Waals surface area contributed by atoms with Crippen LogP contribution in [-0.2, 0) is 0 Å². The Morgan fingerprint density at radius 2 is 2.00 bits per heavy atom. The van der Waals surface area contributed by atoms with Gasteiger partial charge in [0.25, 0.3) is 5.91 Å². The zero-order valence-corrected chi connectivity index (χ0v) is 10.9. The molecule has 1 saturated carbocycles. The Kier molecular flexibility index (Phi) is 2.98. The third-order valence-corrected chi connectivity index (χ3v) is 3.83. The van der Waals surface area contributed by atoms with E-state index in [0.717, 1.165) is 31.5 Å². The average molecular weight is 244 g/mol. The van der Waals surface area contributed by atoms with Crippen LogP contribution in [0.4, 0.5) is 5.69 Å². The van der Waals surface area contributed by atoms with Crippen LogP contribution < -0.4 is 10.2 Å². The van der Waals surface area contributed by atoms with Crippen LogP contribution in [-0.4, -0.2) is 25.0 Å². The molecule has 1 N–H and O–H groups in total. The molecule has 0 aromatic heterocycles. The first-order chi connectivity index (χ1) is 8.74. The number of rotatable bonds is 3. The molecule has 1 aliphatic carbocycles. The van der Waals surface area contributed by atoms with Gasteiger partial charge in [-0.1, -0.05) is 6.07 Å². The first-order valence-electron chi connectivity index (χ1n) is 6.90. The third kappa shape index (κ3) is 2.35. The summed E-state index contributed by atoms with van der Waals surface area (Å²) in [6.07, 6.45) is 4.79. The van der Waals surface area contributed by atoms with Gasteiger partial charge < -0.3 is 10.2 Å². The lowest BCUT2D eigenvalue weighted by molar-refractivity contribution is 0.0951. The first-order valence-corrected chi connectivity index (χ1v) is 6.90. The summed E-state index contributed by atoms with van der Waals surface area (Å²) in [4.78, 5) is 14.4. The molecule has 96 valence electrons. The van der Waals surface area contributed by atoms with Crippen molar-refractivity contribution >= 4 is 11.6 Å². The van der Waals surface area contributed by atoms with Gasteiger partial charge in [0.2, 0.25) is 0 Å². The summed E-state index contributed by atoms with van der Waals surface area (Å²) in [5, 5.41) is 3.05. The van der Waals surface area contributed by atoms with Crippen molar-refractivity contribution in [1.82, 2.24) is 5.32 Å². The van der Waals surface area contributed by atoms with E-state index in [1.807, 2.05) is 6.07 Å².